The number of carboxylic acid groups (broad SMARTS) is 1. The number of rotatable bonds is 5. The Labute approximate surface area is 136 Å². The molecule has 0 saturated heterocycles. The van der Waals surface area contributed by atoms with Gasteiger partial charge in [-0.2, -0.15) is 0 Å². The maximum atomic E-state index is 12.9. The molecule has 24 heavy (non-hydrogen) atoms. The number of halogens is 1. The highest BCUT2D eigenvalue weighted by Gasteiger charge is 2.07. The van der Waals surface area contributed by atoms with Crippen molar-refractivity contribution in [3.05, 3.63) is 76.5 Å². The summed E-state index contributed by atoms with van der Waals surface area (Å²) in [6.45, 7) is -0.0978. The van der Waals surface area contributed by atoms with E-state index >= 15 is 0 Å². The second-order valence-corrected chi connectivity index (χ2v) is 5.31. The normalized spacial score (nSPS) is 10.7. The van der Waals surface area contributed by atoms with E-state index in [9.17, 15) is 14.0 Å². The molecule has 0 fully saturated rings. The predicted octanol–water partition coefficient (Wildman–Crippen LogP) is 2.80. The van der Waals surface area contributed by atoms with Gasteiger partial charge in [0.15, 0.2) is 0 Å². The molecule has 0 unspecified atom stereocenters. The second kappa shape index (κ2) is 6.54. The van der Waals surface area contributed by atoms with Crippen LogP contribution in [0.2, 0.25) is 0 Å². The lowest BCUT2D eigenvalue weighted by molar-refractivity contribution is -0.137. The first-order valence-electron chi connectivity index (χ1n) is 7.25. The van der Waals surface area contributed by atoms with E-state index in [0.717, 1.165) is 10.1 Å². The van der Waals surface area contributed by atoms with Gasteiger partial charge in [0.25, 0.3) is 5.56 Å². The van der Waals surface area contributed by atoms with Crippen LogP contribution in [-0.4, -0.2) is 15.6 Å². The molecule has 0 spiro atoms. The lowest BCUT2D eigenvalue weighted by Gasteiger charge is -2.09. The minimum absolute atomic E-state index is 0.280. The van der Waals surface area contributed by atoms with Gasteiger partial charge in [0.1, 0.15) is 24.7 Å². The molecule has 3 rings (SSSR count). The van der Waals surface area contributed by atoms with Crippen molar-refractivity contribution in [2.24, 2.45) is 0 Å². The van der Waals surface area contributed by atoms with Crippen LogP contribution in [0, 0.1) is 5.82 Å². The molecule has 0 saturated carbocycles. The highest BCUT2D eigenvalue weighted by atomic mass is 19.1. The van der Waals surface area contributed by atoms with Gasteiger partial charge in [-0.3, -0.25) is 9.59 Å². The standard InChI is InChI=1S/C18H14FNO4/c19-14-3-1-12(2-4-14)11-24-15-5-6-16-13(9-15)7-8-20(18(16)23)10-17(21)22/h1-9H,10-11H2,(H,21,22). The van der Waals surface area contributed by atoms with Crippen molar-refractivity contribution < 1.29 is 19.0 Å². The third-order valence-electron chi connectivity index (χ3n) is 3.57. The molecule has 1 aromatic heterocycles. The highest BCUT2D eigenvalue weighted by Crippen LogP contribution is 2.19. The number of aliphatic carboxylic acids is 1. The van der Waals surface area contributed by atoms with E-state index in [4.69, 9.17) is 9.84 Å². The second-order valence-electron chi connectivity index (χ2n) is 5.31. The molecule has 1 N–H and O–H groups in total. The van der Waals surface area contributed by atoms with Crippen LogP contribution < -0.4 is 10.3 Å². The summed E-state index contributed by atoms with van der Waals surface area (Å²) in [6, 6.07) is 12.7. The van der Waals surface area contributed by atoms with Crippen LogP contribution in [0.5, 0.6) is 5.75 Å². The average Bonchev–Trinajstić information content (AvgIpc) is 2.56. The van der Waals surface area contributed by atoms with E-state index < -0.39 is 5.97 Å². The Morgan fingerprint density at radius 3 is 2.58 bits per heavy atom. The number of carboxylic acids is 1. The molecule has 0 aliphatic rings. The smallest absolute Gasteiger partial charge is 0.323 e. The first kappa shape index (κ1) is 15.7. The SMILES string of the molecule is O=C(O)Cn1ccc2cc(OCc3ccc(F)cc3)ccc2c1=O. The number of nitrogens with zero attached hydrogens (tertiary/aromatic N) is 1. The molecule has 122 valence electrons. The van der Waals surface area contributed by atoms with Gasteiger partial charge >= 0.3 is 5.97 Å². The summed E-state index contributed by atoms with van der Waals surface area (Å²) in [5, 5.41) is 9.89. The van der Waals surface area contributed by atoms with Gasteiger partial charge in [-0.25, -0.2) is 4.39 Å². The molecule has 0 aliphatic heterocycles. The van der Waals surface area contributed by atoms with Gasteiger partial charge < -0.3 is 14.4 Å². The Hall–Kier alpha value is -3.15. The zero-order valence-electron chi connectivity index (χ0n) is 12.6. The van der Waals surface area contributed by atoms with Crippen LogP contribution in [0.25, 0.3) is 10.8 Å². The van der Waals surface area contributed by atoms with E-state index in [-0.39, 0.29) is 24.5 Å². The molecule has 0 atom stereocenters. The average molecular weight is 327 g/mol. The molecule has 1 heterocycles. The van der Waals surface area contributed by atoms with E-state index in [1.165, 1.54) is 18.3 Å². The number of hydrogen-bond donors (Lipinski definition) is 1. The van der Waals surface area contributed by atoms with E-state index in [1.807, 2.05) is 0 Å². The van der Waals surface area contributed by atoms with Gasteiger partial charge in [0.05, 0.1) is 0 Å². The topological polar surface area (TPSA) is 68.5 Å². The zero-order chi connectivity index (χ0) is 17.1. The molecule has 0 amide bonds. The molecule has 6 heteroatoms. The quantitative estimate of drug-likeness (QED) is 0.782. The Bertz CT molecular complexity index is 947. The fourth-order valence-corrected chi connectivity index (χ4v) is 2.37. The van der Waals surface area contributed by atoms with Crippen molar-refractivity contribution in [2.45, 2.75) is 13.2 Å². The maximum absolute atomic E-state index is 12.9. The third-order valence-corrected chi connectivity index (χ3v) is 3.57. The van der Waals surface area contributed by atoms with E-state index in [1.54, 1.807) is 36.4 Å². The number of fused-ring (bicyclic) bond motifs is 1. The number of benzene rings is 2. The summed E-state index contributed by atoms with van der Waals surface area (Å²) in [6.07, 6.45) is 1.45. The predicted molar refractivity (Wildman–Crippen MR) is 86.6 cm³/mol. The molecule has 0 radical (unpaired) electrons. The minimum Gasteiger partial charge on any atom is -0.489 e. The molecule has 5 nitrogen and oxygen atoms in total. The van der Waals surface area contributed by atoms with Crippen molar-refractivity contribution >= 4 is 16.7 Å². The van der Waals surface area contributed by atoms with Crippen molar-refractivity contribution in [3.8, 4) is 5.75 Å². The molecule has 2 aromatic carbocycles. The molecule has 0 bridgehead atoms. The van der Waals surface area contributed by atoms with Crippen LogP contribution in [0.1, 0.15) is 5.56 Å². The van der Waals surface area contributed by atoms with E-state index in [0.29, 0.717) is 16.5 Å². The van der Waals surface area contributed by atoms with Gasteiger partial charge in [0, 0.05) is 11.6 Å². The van der Waals surface area contributed by atoms with Gasteiger partial charge in [-0.05, 0) is 47.3 Å². The number of hydrogen-bond acceptors (Lipinski definition) is 3. The van der Waals surface area contributed by atoms with Gasteiger partial charge in [0.2, 0.25) is 0 Å². The Morgan fingerprint density at radius 1 is 1.12 bits per heavy atom. The highest BCUT2D eigenvalue weighted by molar-refractivity contribution is 5.83. The maximum Gasteiger partial charge on any atom is 0.323 e. The van der Waals surface area contributed by atoms with Crippen molar-refractivity contribution in [1.82, 2.24) is 4.57 Å². The number of aromatic nitrogens is 1. The fraction of sp³-hybridized carbons (Fsp3) is 0.111. The summed E-state index contributed by atoms with van der Waals surface area (Å²) >= 11 is 0. The summed E-state index contributed by atoms with van der Waals surface area (Å²) in [7, 11) is 0. The third kappa shape index (κ3) is 3.43. The number of pyridine rings is 1. The first-order valence-corrected chi connectivity index (χ1v) is 7.25. The van der Waals surface area contributed by atoms with Crippen molar-refractivity contribution in [3.63, 3.8) is 0 Å². The zero-order valence-corrected chi connectivity index (χ0v) is 12.6. The Kier molecular flexibility index (Phi) is 4.29. The van der Waals surface area contributed by atoms with Crippen LogP contribution in [0.3, 0.4) is 0 Å². The minimum atomic E-state index is -1.07. The Morgan fingerprint density at radius 2 is 1.88 bits per heavy atom. The summed E-state index contributed by atoms with van der Waals surface area (Å²) in [5.74, 6) is -0.806. The monoisotopic (exact) mass is 327 g/mol. The number of ether oxygens (including phenoxy) is 1. The summed E-state index contributed by atoms with van der Waals surface area (Å²) in [4.78, 5) is 23.0. The molecular formula is C18H14FNO4. The molecule has 3 aromatic rings. The van der Waals surface area contributed by atoms with Crippen LogP contribution >= 0.6 is 0 Å². The summed E-state index contributed by atoms with van der Waals surface area (Å²) in [5.41, 5.74) is 0.466. The lowest BCUT2D eigenvalue weighted by atomic mass is 10.1. The van der Waals surface area contributed by atoms with Gasteiger partial charge in [-0.1, -0.05) is 12.1 Å². The number of carbonyl (C=O) groups is 1. The molecule has 0 aliphatic carbocycles. The van der Waals surface area contributed by atoms with Crippen LogP contribution in [0.4, 0.5) is 4.39 Å². The summed E-state index contributed by atoms with van der Waals surface area (Å²) < 4.78 is 19.7. The van der Waals surface area contributed by atoms with Crippen LogP contribution in [-0.2, 0) is 17.9 Å². The first-order chi connectivity index (χ1) is 11.5. The Balaban J connectivity index is 1.82. The largest absolute Gasteiger partial charge is 0.489 e. The van der Waals surface area contributed by atoms with E-state index in [2.05, 4.69) is 0 Å². The van der Waals surface area contributed by atoms with Crippen LogP contribution in [0.15, 0.2) is 59.5 Å². The van der Waals surface area contributed by atoms with Crippen molar-refractivity contribution in [1.29, 1.82) is 0 Å². The van der Waals surface area contributed by atoms with Crippen molar-refractivity contribution in [2.75, 3.05) is 0 Å². The van der Waals surface area contributed by atoms with Gasteiger partial charge in [-0.15, -0.1) is 0 Å². The fourth-order valence-electron chi connectivity index (χ4n) is 2.37. The lowest BCUT2D eigenvalue weighted by Crippen LogP contribution is -2.23. The molecular weight excluding hydrogens is 313 g/mol.